The van der Waals surface area contributed by atoms with E-state index in [1.165, 1.54) is 116 Å². The monoisotopic (exact) mass is 1580 g/mol. The topological polar surface area (TPSA) is 405 Å². The van der Waals surface area contributed by atoms with Crippen molar-refractivity contribution in [1.29, 1.82) is 0 Å². The minimum atomic E-state index is -4.54. The molecule has 13 N–H and O–H groups in total. The van der Waals surface area contributed by atoms with E-state index in [2.05, 4.69) is 19.2 Å². The van der Waals surface area contributed by atoms with E-state index >= 15 is 0 Å². The molecular formula is C84H144NO24P. The highest BCUT2D eigenvalue weighted by Crippen LogP contribution is 2.42. The first kappa shape index (κ1) is 99.8. The lowest BCUT2D eigenvalue weighted by Gasteiger charge is -2.45. The zero-order chi connectivity index (χ0) is 81.1. The molecule has 3 rings (SSSR count). The van der Waals surface area contributed by atoms with Crippen LogP contribution in [-0.4, -0.2) is 214 Å². The van der Waals surface area contributed by atoms with Crippen LogP contribution in [0.25, 0.3) is 0 Å². The zero-order valence-corrected chi connectivity index (χ0v) is 67.9. The van der Waals surface area contributed by atoms with Gasteiger partial charge in [0.05, 0.1) is 92.4 Å². The van der Waals surface area contributed by atoms with Gasteiger partial charge in [0.25, 0.3) is 0 Å². The van der Waals surface area contributed by atoms with Gasteiger partial charge in [-0.2, -0.15) is 0 Å². The van der Waals surface area contributed by atoms with Gasteiger partial charge in [0.2, 0.25) is 0 Å². The van der Waals surface area contributed by atoms with Gasteiger partial charge in [-0.05, 0) is 46.0 Å². The first-order chi connectivity index (χ1) is 52.6. The number of nitrogens with one attached hydrogen (secondary N) is 1. The molecule has 634 valence electrons. The number of ether oxygens (including phenoxy) is 6. The number of carbonyl (C=O) groups is 4. The predicted molar refractivity (Wildman–Crippen MR) is 423 cm³/mol. The molecule has 2 bridgehead atoms. The number of aliphatic hydroxyl groups excluding tert-OH is 9. The SMILES string of the molecule is CCCCCCCCCCCCCCCC(=O)OC[C@H](COP(=O)(O)CCN[C@@H]1[C@H](O)[C@H](O[C@H]2C=CC=CC=CC=CC=CC=CC=C[C@H](C)[C@@H](O)[C@@H](C)[C@H](C)OC(=O)C[C@H](O)C[C@H](O)CC[C@@H](O)[C@H](O)C[C@H](O)C[C@]3(O)C[C@H](O)[C@@H](C(=O)O)[C@H](C2)O3)O[C@H](C)[C@H]1O)OC(=O)CCCCCCCCCCCCCCC. The van der Waals surface area contributed by atoms with Crippen LogP contribution in [0.4, 0.5) is 0 Å². The summed E-state index contributed by atoms with van der Waals surface area (Å²) in [4.78, 5) is 63.2. The normalized spacial score (nSPS) is 30.5. The summed E-state index contributed by atoms with van der Waals surface area (Å²) in [7, 11) is -4.54. The fraction of sp³-hybridized carbons (Fsp3) is 0.786. The molecule has 21 atom stereocenters. The molecule has 2 saturated heterocycles. The summed E-state index contributed by atoms with van der Waals surface area (Å²) in [5.41, 5.74) is 0. The number of allylic oxidation sites excluding steroid dienone is 12. The number of hydrogen-bond donors (Lipinski definition) is 13. The number of carboxylic acid groups (broad SMARTS) is 1. The van der Waals surface area contributed by atoms with Gasteiger partial charge in [0.1, 0.15) is 24.7 Å². The largest absolute Gasteiger partial charge is 0.481 e. The molecule has 0 saturated carbocycles. The Balaban J connectivity index is 1.79. The molecule has 1 unspecified atom stereocenters. The number of aliphatic hydroxyl groups is 10. The minimum Gasteiger partial charge on any atom is -0.481 e. The van der Waals surface area contributed by atoms with Crippen LogP contribution in [0.5, 0.6) is 0 Å². The van der Waals surface area contributed by atoms with Crippen molar-refractivity contribution < 1.29 is 118 Å². The lowest BCUT2D eigenvalue weighted by Crippen LogP contribution is -2.63. The van der Waals surface area contributed by atoms with Gasteiger partial charge in [0, 0.05) is 56.9 Å². The minimum absolute atomic E-state index is 0.0964. The van der Waals surface area contributed by atoms with Crippen molar-refractivity contribution in [2.24, 2.45) is 17.8 Å². The van der Waals surface area contributed by atoms with Crippen LogP contribution in [0.3, 0.4) is 0 Å². The second-order valence-corrected chi connectivity index (χ2v) is 32.9. The van der Waals surface area contributed by atoms with E-state index in [1.807, 2.05) is 13.0 Å². The lowest BCUT2D eigenvalue weighted by atomic mass is 9.82. The van der Waals surface area contributed by atoms with Gasteiger partial charge < -0.3 is 99.3 Å². The summed E-state index contributed by atoms with van der Waals surface area (Å²) in [5, 5.41) is 126. The third kappa shape index (κ3) is 44.5. The van der Waals surface area contributed by atoms with Crippen LogP contribution in [0, 0.1) is 17.8 Å². The number of aliphatic carboxylic acids is 1. The highest BCUT2D eigenvalue weighted by molar-refractivity contribution is 7.52. The van der Waals surface area contributed by atoms with E-state index in [0.717, 1.165) is 51.4 Å². The molecule has 0 aliphatic carbocycles. The van der Waals surface area contributed by atoms with Gasteiger partial charge in [-0.1, -0.05) is 267 Å². The van der Waals surface area contributed by atoms with Crippen molar-refractivity contribution in [3.8, 4) is 0 Å². The quantitative estimate of drug-likeness (QED) is 0.0117. The number of carbonyl (C=O) groups excluding carboxylic acids is 3. The second kappa shape index (κ2) is 58.5. The third-order valence-electron chi connectivity index (χ3n) is 20.9. The molecule has 2 fully saturated rings. The maximum Gasteiger partial charge on any atom is 0.329 e. The van der Waals surface area contributed by atoms with Gasteiger partial charge in [-0.15, -0.1) is 0 Å². The van der Waals surface area contributed by atoms with Crippen LogP contribution in [0.2, 0.25) is 0 Å². The Morgan fingerprint density at radius 3 is 1.56 bits per heavy atom. The van der Waals surface area contributed by atoms with Crippen LogP contribution in [0.1, 0.15) is 273 Å². The van der Waals surface area contributed by atoms with Gasteiger partial charge in [0.15, 0.2) is 18.2 Å². The van der Waals surface area contributed by atoms with Gasteiger partial charge in [-0.3, -0.25) is 23.7 Å². The van der Waals surface area contributed by atoms with Crippen molar-refractivity contribution >= 4 is 31.5 Å². The van der Waals surface area contributed by atoms with E-state index in [0.29, 0.717) is 12.8 Å². The average Bonchev–Trinajstić information content (AvgIpc) is 0.787. The van der Waals surface area contributed by atoms with Gasteiger partial charge >= 0.3 is 31.5 Å². The Morgan fingerprint density at radius 2 is 1.05 bits per heavy atom. The van der Waals surface area contributed by atoms with E-state index in [9.17, 15) is 84.8 Å². The van der Waals surface area contributed by atoms with Crippen LogP contribution >= 0.6 is 7.60 Å². The standard InChI is InChI=1S/C84H144NO24P/c1-7-9-11-13-15-17-19-21-27-31-35-39-43-47-74(92)103-59-69(107-75(93)48-44-40-36-32-28-22-20-18-16-14-12-10-8-2)60-104-110(101,102)52-51-85-78-80(96)64(6)106-83(81(78)97)108-68-46-42-38-34-30-26-24-23-25-29-33-37-41-45-61(3)79(95)62(4)63(5)105-76(94)55-66(87)53-65(86)49-50-70(89)71(90)54-67(88)57-84(100)58-72(91)77(82(98)99)73(56-68)109-84/h23-26,29-30,33-34,37-38,41-42,45-46,61-73,77-81,83,85-91,95-97,100H,7-22,27-28,31-32,35-36,39-40,43-44,47-60H2,1-6H3,(H,98,99)(H,101,102)/t61-,62-,63-,64+,65+,66+,67-,68-,69+,70+,71+,72-,73-,77+,78-,79+,80+,81-,83-,84+/m0/s1. The van der Waals surface area contributed by atoms with E-state index < -0.39 is 198 Å². The number of esters is 3. The van der Waals surface area contributed by atoms with Crippen molar-refractivity contribution in [1.82, 2.24) is 5.32 Å². The summed E-state index contributed by atoms with van der Waals surface area (Å²) in [6.07, 6.45) is 29.0. The first-order valence-corrected chi connectivity index (χ1v) is 43.3. The molecule has 0 spiro atoms. The maximum atomic E-state index is 13.7. The summed E-state index contributed by atoms with van der Waals surface area (Å²) in [6, 6.07) is -1.29. The zero-order valence-electron chi connectivity index (χ0n) is 67.0. The molecule has 3 aliphatic heterocycles. The molecule has 0 aromatic carbocycles. The summed E-state index contributed by atoms with van der Waals surface area (Å²) < 4.78 is 54.5. The fourth-order valence-corrected chi connectivity index (χ4v) is 14.9. The lowest BCUT2D eigenvalue weighted by molar-refractivity contribution is -0.309. The van der Waals surface area contributed by atoms with Crippen molar-refractivity contribution in [2.45, 2.75) is 376 Å². The number of carboxylic acids is 1. The molecule has 110 heavy (non-hydrogen) atoms. The number of unbranched alkanes of at least 4 members (excludes halogenated alkanes) is 24. The van der Waals surface area contributed by atoms with Crippen molar-refractivity contribution in [3.63, 3.8) is 0 Å². The third-order valence-corrected chi connectivity index (χ3v) is 22.2. The Morgan fingerprint density at radius 1 is 0.555 bits per heavy atom. The molecule has 0 radical (unpaired) electrons. The van der Waals surface area contributed by atoms with Crippen molar-refractivity contribution in [3.05, 3.63) is 85.1 Å². The average molecular weight is 1580 g/mol. The Bertz CT molecular complexity index is 2750. The van der Waals surface area contributed by atoms with Crippen molar-refractivity contribution in [2.75, 3.05) is 25.9 Å². The Hall–Kier alpha value is -4.35. The summed E-state index contributed by atoms with van der Waals surface area (Å²) >= 11 is 0. The van der Waals surface area contributed by atoms with Crippen LogP contribution < -0.4 is 5.32 Å². The Labute approximate surface area is 656 Å². The fourth-order valence-electron chi connectivity index (χ4n) is 14.0. The van der Waals surface area contributed by atoms with Crippen LogP contribution in [0.15, 0.2) is 85.1 Å². The van der Waals surface area contributed by atoms with Gasteiger partial charge in [-0.25, -0.2) is 0 Å². The molecule has 26 heteroatoms. The maximum absolute atomic E-state index is 13.7. The Kier molecular flexibility index (Phi) is 53.1. The highest BCUT2D eigenvalue weighted by Gasteiger charge is 2.51. The van der Waals surface area contributed by atoms with E-state index in [1.54, 1.807) is 86.8 Å². The molecule has 25 nitrogen and oxygen atoms in total. The predicted octanol–water partition coefficient (Wildman–Crippen LogP) is 12.0. The molecule has 0 aromatic heterocycles. The number of fused-ring (bicyclic) bond motifs is 2. The number of rotatable bonds is 41. The molecule has 0 amide bonds. The summed E-state index contributed by atoms with van der Waals surface area (Å²) in [5.74, 6) is -8.28. The smallest absolute Gasteiger partial charge is 0.329 e. The second-order valence-electron chi connectivity index (χ2n) is 30.9. The molecule has 3 aliphatic rings. The van der Waals surface area contributed by atoms with E-state index in [4.69, 9.17) is 32.9 Å². The molecular weight excluding hydrogens is 1440 g/mol. The summed E-state index contributed by atoms with van der Waals surface area (Å²) in [6.45, 7) is 9.80. The number of cyclic esters (lactones) is 1. The number of hydrogen-bond acceptors (Lipinski definition) is 23. The molecule has 0 aromatic rings. The first-order valence-electron chi connectivity index (χ1n) is 41.6. The highest BCUT2D eigenvalue weighted by atomic mass is 31.2. The molecule has 3 heterocycles. The van der Waals surface area contributed by atoms with E-state index in [-0.39, 0.29) is 44.6 Å². The van der Waals surface area contributed by atoms with Crippen LogP contribution in [-0.2, 0) is 56.7 Å².